The van der Waals surface area contributed by atoms with E-state index in [-0.39, 0.29) is 11.0 Å². The fourth-order valence-electron chi connectivity index (χ4n) is 6.47. The molecule has 0 amide bonds. The molecule has 0 aliphatic carbocycles. The summed E-state index contributed by atoms with van der Waals surface area (Å²) in [7, 11) is 0. The largest absolute Gasteiger partial charge is 0.221 e. The van der Waals surface area contributed by atoms with Gasteiger partial charge in [0.2, 0.25) is 5.69 Å². The van der Waals surface area contributed by atoms with E-state index in [1.165, 1.54) is 51.6 Å². The minimum atomic E-state index is 0.0497. The second-order valence-electron chi connectivity index (χ2n) is 9.91. The van der Waals surface area contributed by atoms with Crippen LogP contribution in [-0.2, 0) is 17.4 Å². The maximum atomic E-state index is 2.66. The van der Waals surface area contributed by atoms with E-state index >= 15 is 0 Å². The molecule has 1 nitrogen and oxygen atoms in total. The minimum absolute atomic E-state index is 0.0497. The lowest BCUT2D eigenvalue weighted by molar-refractivity contribution is -0.765. The fourth-order valence-corrected chi connectivity index (χ4v) is 6.47. The normalized spacial score (nSPS) is 19.3. The van der Waals surface area contributed by atoms with Gasteiger partial charge in [-0.3, -0.25) is 0 Å². The van der Waals surface area contributed by atoms with Crippen LogP contribution in [0, 0.1) is 13.8 Å². The Morgan fingerprint density at radius 1 is 0.839 bits per heavy atom. The lowest BCUT2D eigenvalue weighted by Gasteiger charge is -2.48. The highest BCUT2D eigenvalue weighted by atomic mass is 15.1. The van der Waals surface area contributed by atoms with Crippen LogP contribution in [0.3, 0.4) is 0 Å². The molecule has 1 unspecified atom stereocenters. The summed E-state index contributed by atoms with van der Waals surface area (Å²) in [5.41, 5.74) is 8.94. The third kappa shape index (κ3) is 2.99. The van der Waals surface area contributed by atoms with Crippen molar-refractivity contribution in [3.8, 4) is 11.3 Å². The Morgan fingerprint density at radius 2 is 1.55 bits per heavy atom. The smallest absolute Gasteiger partial charge is 0.192 e. The molecule has 0 fully saturated rings. The molecule has 0 radical (unpaired) electrons. The summed E-state index contributed by atoms with van der Waals surface area (Å²) in [6.07, 6.45) is 9.50. The SMILES string of the molecule is CCCCc1cccc2c3[n+](ccc12)C(C)(CC)C(CC)(CC)c1cc(C)c(C)cc1-3. The van der Waals surface area contributed by atoms with Gasteiger partial charge in [-0.15, -0.1) is 0 Å². The minimum Gasteiger partial charge on any atom is -0.192 e. The number of aryl methyl sites for hydroxylation is 3. The first kappa shape index (κ1) is 22.1. The van der Waals surface area contributed by atoms with Gasteiger partial charge in [0.1, 0.15) is 0 Å². The van der Waals surface area contributed by atoms with Crippen LogP contribution in [0.2, 0.25) is 0 Å². The summed E-state index contributed by atoms with van der Waals surface area (Å²) >= 11 is 0. The summed E-state index contributed by atoms with van der Waals surface area (Å²) < 4.78 is 2.66. The Hall–Kier alpha value is -2.15. The Kier molecular flexibility index (Phi) is 5.75. The molecule has 164 valence electrons. The van der Waals surface area contributed by atoms with Crippen molar-refractivity contribution in [1.29, 1.82) is 0 Å². The molecule has 0 saturated heterocycles. The first-order valence-electron chi connectivity index (χ1n) is 12.5. The first-order chi connectivity index (χ1) is 14.9. The van der Waals surface area contributed by atoms with Crippen molar-refractivity contribution in [3.63, 3.8) is 0 Å². The van der Waals surface area contributed by atoms with Crippen LogP contribution >= 0.6 is 0 Å². The highest BCUT2D eigenvalue weighted by Crippen LogP contribution is 2.53. The number of aromatic nitrogens is 1. The molecule has 0 N–H and O–H groups in total. The van der Waals surface area contributed by atoms with Crippen molar-refractivity contribution < 1.29 is 4.57 Å². The quantitative estimate of drug-likeness (QED) is 0.360. The topological polar surface area (TPSA) is 3.88 Å². The van der Waals surface area contributed by atoms with Crippen LogP contribution in [0.5, 0.6) is 0 Å². The highest BCUT2D eigenvalue weighted by molar-refractivity contribution is 5.96. The third-order valence-electron chi connectivity index (χ3n) is 8.75. The molecule has 2 aromatic carbocycles. The molecule has 1 aliphatic heterocycles. The molecule has 1 heteroatoms. The lowest BCUT2D eigenvalue weighted by atomic mass is 9.57. The Morgan fingerprint density at radius 3 is 2.19 bits per heavy atom. The van der Waals surface area contributed by atoms with Gasteiger partial charge in [0.15, 0.2) is 11.7 Å². The molecule has 0 saturated carbocycles. The highest BCUT2D eigenvalue weighted by Gasteiger charge is 2.58. The standard InChI is InChI=1S/C30H40N/c1-8-12-14-23-15-13-16-25-24(23)17-18-31-28(25)26-19-21(5)22(6)20-27(26)30(10-3,11-4)29(31,7)9-2/h13,15-20H,8-12,14H2,1-7H3/q+1. The van der Waals surface area contributed by atoms with Gasteiger partial charge in [0, 0.05) is 19.4 Å². The molecule has 3 aromatic rings. The zero-order chi connectivity index (χ0) is 22.4. The van der Waals surface area contributed by atoms with Crippen molar-refractivity contribution in [2.75, 3.05) is 0 Å². The molecule has 0 bridgehead atoms. The van der Waals surface area contributed by atoms with Gasteiger partial charge in [0.25, 0.3) is 0 Å². The Balaban J connectivity index is 2.15. The van der Waals surface area contributed by atoms with Crippen molar-refractivity contribution in [3.05, 3.63) is 64.8 Å². The van der Waals surface area contributed by atoms with E-state index in [1.807, 2.05) is 0 Å². The number of nitrogens with zero attached hydrogens (tertiary/aromatic N) is 1. The summed E-state index contributed by atoms with van der Waals surface area (Å²) in [5, 5.41) is 2.85. The van der Waals surface area contributed by atoms with Gasteiger partial charge >= 0.3 is 0 Å². The Labute approximate surface area is 189 Å². The molecular weight excluding hydrogens is 374 g/mol. The van der Waals surface area contributed by atoms with Gasteiger partial charge in [-0.1, -0.05) is 52.3 Å². The predicted molar refractivity (Wildman–Crippen MR) is 134 cm³/mol. The van der Waals surface area contributed by atoms with E-state index in [0.717, 1.165) is 25.7 Å². The summed E-state index contributed by atoms with van der Waals surface area (Å²) in [5.74, 6) is 0. The zero-order valence-electron chi connectivity index (χ0n) is 20.7. The van der Waals surface area contributed by atoms with Crippen molar-refractivity contribution in [1.82, 2.24) is 0 Å². The van der Waals surface area contributed by atoms with Crippen molar-refractivity contribution in [2.24, 2.45) is 0 Å². The maximum Gasteiger partial charge on any atom is 0.221 e. The van der Waals surface area contributed by atoms with Crippen LogP contribution in [0.15, 0.2) is 42.6 Å². The molecule has 4 rings (SSSR count). The van der Waals surface area contributed by atoms with Crippen LogP contribution in [0.1, 0.15) is 89.0 Å². The van der Waals surface area contributed by atoms with E-state index < -0.39 is 0 Å². The van der Waals surface area contributed by atoms with Crippen LogP contribution in [-0.4, -0.2) is 0 Å². The van der Waals surface area contributed by atoms with Gasteiger partial charge in [0.05, 0.1) is 16.4 Å². The molecule has 1 atom stereocenters. The van der Waals surface area contributed by atoms with Crippen molar-refractivity contribution >= 4 is 10.8 Å². The molecular formula is C30H40N+. The van der Waals surface area contributed by atoms with Crippen LogP contribution in [0.4, 0.5) is 0 Å². The van der Waals surface area contributed by atoms with E-state index in [0.29, 0.717) is 0 Å². The van der Waals surface area contributed by atoms with Gasteiger partial charge in [-0.25, -0.2) is 0 Å². The van der Waals surface area contributed by atoms with E-state index in [1.54, 1.807) is 5.56 Å². The third-order valence-corrected chi connectivity index (χ3v) is 8.75. The fraction of sp³-hybridized carbons (Fsp3) is 0.500. The lowest BCUT2D eigenvalue weighted by Crippen LogP contribution is -2.68. The van der Waals surface area contributed by atoms with Gasteiger partial charge in [-0.2, -0.15) is 4.57 Å². The summed E-state index contributed by atoms with van der Waals surface area (Å²) in [6.45, 7) is 16.5. The molecule has 31 heavy (non-hydrogen) atoms. The predicted octanol–water partition coefficient (Wildman–Crippen LogP) is 7.95. The zero-order valence-corrected chi connectivity index (χ0v) is 20.7. The molecule has 1 aromatic heterocycles. The second kappa shape index (κ2) is 8.08. The first-order valence-corrected chi connectivity index (χ1v) is 12.5. The van der Waals surface area contributed by atoms with E-state index in [9.17, 15) is 0 Å². The molecule has 0 spiro atoms. The van der Waals surface area contributed by atoms with Gasteiger partial charge < -0.3 is 0 Å². The van der Waals surface area contributed by atoms with Gasteiger partial charge in [-0.05, 0) is 79.3 Å². The number of unbranched alkanes of at least 4 members (excludes halogenated alkanes) is 1. The number of benzene rings is 2. The second-order valence-corrected chi connectivity index (χ2v) is 9.91. The van der Waals surface area contributed by atoms with Crippen molar-refractivity contribution in [2.45, 2.75) is 97.9 Å². The Bertz CT molecular complexity index is 1120. The summed E-state index contributed by atoms with van der Waals surface area (Å²) in [6, 6.07) is 14.4. The maximum absolute atomic E-state index is 2.66. The average molecular weight is 415 g/mol. The van der Waals surface area contributed by atoms with Crippen LogP contribution < -0.4 is 4.57 Å². The van der Waals surface area contributed by atoms with Crippen LogP contribution in [0.25, 0.3) is 22.0 Å². The number of pyridine rings is 1. The number of hydrogen-bond acceptors (Lipinski definition) is 0. The molecule has 2 heterocycles. The van der Waals surface area contributed by atoms with E-state index in [4.69, 9.17) is 0 Å². The number of fused-ring (bicyclic) bond motifs is 5. The average Bonchev–Trinajstić information content (AvgIpc) is 2.79. The number of rotatable bonds is 6. The monoisotopic (exact) mass is 414 g/mol. The summed E-state index contributed by atoms with van der Waals surface area (Å²) in [4.78, 5) is 0. The van der Waals surface area contributed by atoms with E-state index in [2.05, 4.69) is 95.6 Å². The number of hydrogen-bond donors (Lipinski definition) is 0. The molecule has 1 aliphatic rings.